The third kappa shape index (κ3) is 4.27. The van der Waals surface area contributed by atoms with Crippen molar-refractivity contribution in [3.8, 4) is 0 Å². The van der Waals surface area contributed by atoms with Gasteiger partial charge in [-0.2, -0.15) is 0 Å². The van der Waals surface area contributed by atoms with Crippen LogP contribution < -0.4 is 5.32 Å². The van der Waals surface area contributed by atoms with Gasteiger partial charge in [0.2, 0.25) is 5.91 Å². The monoisotopic (exact) mass is 337 g/mol. The number of carbonyl (C=O) groups excluding carboxylic acids is 1. The summed E-state index contributed by atoms with van der Waals surface area (Å²) in [5.74, 6) is -0.894. The van der Waals surface area contributed by atoms with Gasteiger partial charge in [0.05, 0.1) is 5.56 Å². The molecule has 2 aromatic carbocycles. The van der Waals surface area contributed by atoms with E-state index in [-0.39, 0.29) is 16.9 Å². The summed E-state index contributed by atoms with van der Waals surface area (Å²) in [6.45, 7) is 2.90. The number of aromatic carboxylic acids is 1. The maximum atomic E-state index is 12.2. The summed E-state index contributed by atoms with van der Waals surface area (Å²) in [5, 5.41) is 12.0. The largest absolute Gasteiger partial charge is 0.478 e. The topological polar surface area (TPSA) is 66.4 Å². The second-order valence-electron chi connectivity index (χ2n) is 7.21. The molecule has 130 valence electrons. The Bertz CT molecular complexity index is 755. The first-order chi connectivity index (χ1) is 12.0. The Hall–Kier alpha value is -2.62. The number of fused-ring (bicyclic) bond motifs is 1. The van der Waals surface area contributed by atoms with Crippen LogP contribution in [-0.2, 0) is 24.1 Å². The van der Waals surface area contributed by atoms with Gasteiger partial charge in [0.1, 0.15) is 0 Å². The van der Waals surface area contributed by atoms with Gasteiger partial charge in [-0.05, 0) is 53.5 Å². The summed E-state index contributed by atoms with van der Waals surface area (Å²) in [4.78, 5) is 23.0. The maximum absolute atomic E-state index is 12.2. The van der Waals surface area contributed by atoms with E-state index in [1.807, 2.05) is 0 Å². The highest BCUT2D eigenvalue weighted by Gasteiger charge is 2.32. The average molecular weight is 337 g/mol. The fourth-order valence-electron chi connectivity index (χ4n) is 3.48. The van der Waals surface area contributed by atoms with E-state index in [1.54, 1.807) is 24.3 Å². The zero-order valence-corrected chi connectivity index (χ0v) is 14.4. The van der Waals surface area contributed by atoms with Crippen LogP contribution >= 0.6 is 0 Å². The molecule has 2 aromatic rings. The number of carboxylic acids is 1. The number of hydrogen-bond donors (Lipinski definition) is 2. The highest BCUT2D eigenvalue weighted by molar-refractivity contribution is 5.87. The fourth-order valence-corrected chi connectivity index (χ4v) is 3.48. The Balaban J connectivity index is 1.46. The third-order valence-corrected chi connectivity index (χ3v) is 4.91. The number of carboxylic acid groups (broad SMARTS) is 1. The Morgan fingerprint density at radius 1 is 1.04 bits per heavy atom. The maximum Gasteiger partial charge on any atom is 0.335 e. The Kier molecular flexibility index (Phi) is 4.88. The Morgan fingerprint density at radius 2 is 1.64 bits per heavy atom. The zero-order chi connectivity index (χ0) is 17.9. The van der Waals surface area contributed by atoms with Crippen LogP contribution in [0.2, 0.25) is 0 Å². The highest BCUT2D eigenvalue weighted by atomic mass is 16.4. The SMILES string of the molecule is CC1(CNC(=O)CCc2ccc(C(=O)O)cc2)Cc2ccccc2C1. The molecule has 4 nitrogen and oxygen atoms in total. The molecule has 2 N–H and O–H groups in total. The van der Waals surface area contributed by atoms with E-state index in [0.29, 0.717) is 19.4 Å². The van der Waals surface area contributed by atoms with Crippen molar-refractivity contribution >= 4 is 11.9 Å². The van der Waals surface area contributed by atoms with Crippen LogP contribution in [0.3, 0.4) is 0 Å². The van der Waals surface area contributed by atoms with E-state index >= 15 is 0 Å². The van der Waals surface area contributed by atoms with Gasteiger partial charge in [0.25, 0.3) is 0 Å². The van der Waals surface area contributed by atoms with Gasteiger partial charge in [0, 0.05) is 13.0 Å². The molecule has 0 bridgehead atoms. The van der Waals surface area contributed by atoms with Crippen molar-refractivity contribution < 1.29 is 14.7 Å². The van der Waals surface area contributed by atoms with E-state index in [9.17, 15) is 9.59 Å². The summed E-state index contributed by atoms with van der Waals surface area (Å²) in [6.07, 6.45) is 3.03. The number of rotatable bonds is 6. The third-order valence-electron chi connectivity index (χ3n) is 4.91. The molecule has 0 spiro atoms. The number of amides is 1. The molecular weight excluding hydrogens is 314 g/mol. The van der Waals surface area contributed by atoms with Crippen molar-refractivity contribution in [2.24, 2.45) is 5.41 Å². The van der Waals surface area contributed by atoms with Crippen LogP contribution in [0.15, 0.2) is 48.5 Å². The second-order valence-corrected chi connectivity index (χ2v) is 7.21. The second kappa shape index (κ2) is 7.09. The molecule has 4 heteroatoms. The Labute approximate surface area is 147 Å². The fraction of sp³-hybridized carbons (Fsp3) is 0.333. The first-order valence-corrected chi connectivity index (χ1v) is 8.61. The zero-order valence-electron chi connectivity index (χ0n) is 14.4. The highest BCUT2D eigenvalue weighted by Crippen LogP contribution is 2.35. The lowest BCUT2D eigenvalue weighted by Crippen LogP contribution is -2.36. The van der Waals surface area contributed by atoms with Crippen LogP contribution in [0.1, 0.15) is 40.4 Å². The summed E-state index contributed by atoms with van der Waals surface area (Å²) in [5.41, 5.74) is 4.10. The van der Waals surface area contributed by atoms with Crippen molar-refractivity contribution in [1.29, 1.82) is 0 Å². The van der Waals surface area contributed by atoms with E-state index in [4.69, 9.17) is 5.11 Å². The lowest BCUT2D eigenvalue weighted by molar-refractivity contribution is -0.121. The molecule has 0 saturated carbocycles. The average Bonchev–Trinajstić information content (AvgIpc) is 2.95. The van der Waals surface area contributed by atoms with Crippen LogP contribution in [-0.4, -0.2) is 23.5 Å². The van der Waals surface area contributed by atoms with E-state index in [0.717, 1.165) is 18.4 Å². The van der Waals surface area contributed by atoms with Crippen molar-refractivity contribution in [2.75, 3.05) is 6.54 Å². The van der Waals surface area contributed by atoms with Gasteiger partial charge in [-0.25, -0.2) is 4.79 Å². The lowest BCUT2D eigenvalue weighted by Gasteiger charge is -2.24. The van der Waals surface area contributed by atoms with Gasteiger partial charge in [-0.3, -0.25) is 4.79 Å². The summed E-state index contributed by atoms with van der Waals surface area (Å²) in [7, 11) is 0. The molecule has 0 radical (unpaired) electrons. The molecule has 0 fully saturated rings. The molecule has 0 heterocycles. The predicted molar refractivity (Wildman–Crippen MR) is 96.7 cm³/mol. The standard InChI is InChI=1S/C21H23NO3/c1-21(12-17-4-2-3-5-18(17)13-21)14-22-19(23)11-8-15-6-9-16(10-7-15)20(24)25/h2-7,9-10H,8,11-14H2,1H3,(H,22,23)(H,24,25). The van der Waals surface area contributed by atoms with Gasteiger partial charge in [-0.15, -0.1) is 0 Å². The lowest BCUT2D eigenvalue weighted by atomic mass is 9.87. The molecule has 1 amide bonds. The minimum Gasteiger partial charge on any atom is -0.478 e. The van der Waals surface area contributed by atoms with E-state index in [2.05, 4.69) is 36.5 Å². The summed E-state index contributed by atoms with van der Waals surface area (Å²) >= 11 is 0. The molecule has 0 saturated heterocycles. The van der Waals surface area contributed by atoms with Gasteiger partial charge < -0.3 is 10.4 Å². The molecule has 0 unspecified atom stereocenters. The van der Waals surface area contributed by atoms with Crippen molar-refractivity contribution in [2.45, 2.75) is 32.6 Å². The van der Waals surface area contributed by atoms with Crippen LogP contribution in [0.5, 0.6) is 0 Å². The van der Waals surface area contributed by atoms with E-state index in [1.165, 1.54) is 11.1 Å². The van der Waals surface area contributed by atoms with Crippen LogP contribution in [0.4, 0.5) is 0 Å². The predicted octanol–water partition coefficient (Wildman–Crippen LogP) is 3.24. The van der Waals surface area contributed by atoms with Gasteiger partial charge in [0.15, 0.2) is 0 Å². The van der Waals surface area contributed by atoms with Crippen molar-refractivity contribution in [1.82, 2.24) is 5.32 Å². The quantitative estimate of drug-likeness (QED) is 0.850. The molecule has 1 aliphatic rings. The molecule has 0 atom stereocenters. The van der Waals surface area contributed by atoms with Crippen LogP contribution in [0.25, 0.3) is 0 Å². The van der Waals surface area contributed by atoms with Crippen molar-refractivity contribution in [3.63, 3.8) is 0 Å². The molecule has 0 aromatic heterocycles. The van der Waals surface area contributed by atoms with E-state index < -0.39 is 5.97 Å². The minimum atomic E-state index is -0.935. The molecule has 1 aliphatic carbocycles. The number of hydrogen-bond acceptors (Lipinski definition) is 2. The minimum absolute atomic E-state index is 0.0412. The molecule has 0 aliphatic heterocycles. The van der Waals surface area contributed by atoms with Gasteiger partial charge >= 0.3 is 5.97 Å². The first-order valence-electron chi connectivity index (χ1n) is 8.61. The molecule has 3 rings (SSSR count). The molecule has 25 heavy (non-hydrogen) atoms. The summed E-state index contributed by atoms with van der Waals surface area (Å²) < 4.78 is 0. The smallest absolute Gasteiger partial charge is 0.335 e. The molecular formula is C21H23NO3. The number of benzene rings is 2. The van der Waals surface area contributed by atoms with Gasteiger partial charge in [-0.1, -0.05) is 43.3 Å². The van der Waals surface area contributed by atoms with Crippen molar-refractivity contribution in [3.05, 3.63) is 70.8 Å². The Morgan fingerprint density at radius 3 is 2.20 bits per heavy atom. The first kappa shape index (κ1) is 17.2. The normalized spacial score (nSPS) is 14.8. The number of nitrogens with one attached hydrogen (secondary N) is 1. The summed E-state index contributed by atoms with van der Waals surface area (Å²) in [6, 6.07) is 15.2. The number of aryl methyl sites for hydroxylation is 1. The van der Waals surface area contributed by atoms with Crippen LogP contribution in [0, 0.1) is 5.41 Å². The number of carbonyl (C=O) groups is 2.